The van der Waals surface area contributed by atoms with Crippen LogP contribution in [0.25, 0.3) is 0 Å². The predicted octanol–water partition coefficient (Wildman–Crippen LogP) is 3.28. The Morgan fingerprint density at radius 2 is 1.96 bits per heavy atom. The first-order valence-electron chi connectivity index (χ1n) is 8.99. The van der Waals surface area contributed by atoms with Gasteiger partial charge in [0.1, 0.15) is 5.75 Å². The lowest BCUT2D eigenvalue weighted by atomic mass is 9.93. The van der Waals surface area contributed by atoms with Crippen LogP contribution in [-0.4, -0.2) is 43.4 Å². The Labute approximate surface area is 168 Å². The van der Waals surface area contributed by atoms with Crippen molar-refractivity contribution in [3.8, 4) is 5.75 Å². The molecule has 2 rings (SSSR count). The lowest BCUT2D eigenvalue weighted by molar-refractivity contribution is 0.120. The first kappa shape index (κ1) is 22.0. The Bertz CT molecular complexity index is 531. The summed E-state index contributed by atoms with van der Waals surface area (Å²) in [5.41, 5.74) is 1.18. The van der Waals surface area contributed by atoms with Gasteiger partial charge in [-0.1, -0.05) is 25.1 Å². The van der Waals surface area contributed by atoms with Crippen molar-refractivity contribution in [3.05, 3.63) is 29.8 Å². The molecular formula is C19H32IN3O2. The Morgan fingerprint density at radius 1 is 1.28 bits per heavy atom. The summed E-state index contributed by atoms with van der Waals surface area (Å²) in [7, 11) is 1.71. The van der Waals surface area contributed by atoms with Crippen molar-refractivity contribution in [1.82, 2.24) is 10.6 Å². The van der Waals surface area contributed by atoms with Crippen LogP contribution in [0.1, 0.15) is 51.0 Å². The minimum atomic E-state index is -0.131. The van der Waals surface area contributed by atoms with E-state index < -0.39 is 0 Å². The Hall–Kier alpha value is -1.02. The maximum Gasteiger partial charge on any atom is 0.191 e. The molecule has 5 nitrogen and oxygen atoms in total. The molecule has 25 heavy (non-hydrogen) atoms. The van der Waals surface area contributed by atoms with Crippen LogP contribution in [0.2, 0.25) is 0 Å². The summed E-state index contributed by atoms with van der Waals surface area (Å²) in [6.45, 7) is 5.78. The first-order chi connectivity index (χ1) is 11.6. The summed E-state index contributed by atoms with van der Waals surface area (Å²) in [5.74, 6) is 2.06. The minimum Gasteiger partial charge on any atom is -0.496 e. The number of benzene rings is 1. The van der Waals surface area contributed by atoms with Gasteiger partial charge in [0.15, 0.2) is 5.96 Å². The van der Waals surface area contributed by atoms with Gasteiger partial charge in [-0.05, 0) is 44.2 Å². The molecular weight excluding hydrogens is 429 g/mol. The predicted molar refractivity (Wildman–Crippen MR) is 114 cm³/mol. The van der Waals surface area contributed by atoms with Gasteiger partial charge in [0.05, 0.1) is 13.2 Å². The van der Waals surface area contributed by atoms with Crippen molar-refractivity contribution in [2.75, 3.05) is 20.2 Å². The van der Waals surface area contributed by atoms with Crippen molar-refractivity contribution in [3.63, 3.8) is 0 Å². The molecule has 1 unspecified atom stereocenters. The lowest BCUT2D eigenvalue weighted by Gasteiger charge is -2.27. The monoisotopic (exact) mass is 461 g/mol. The van der Waals surface area contributed by atoms with Gasteiger partial charge in [-0.2, -0.15) is 0 Å². The molecule has 3 N–H and O–H groups in total. The highest BCUT2D eigenvalue weighted by Crippen LogP contribution is 2.26. The number of nitrogens with one attached hydrogen (secondary N) is 2. The number of aliphatic hydroxyl groups excluding tert-OH is 1. The van der Waals surface area contributed by atoms with Crippen molar-refractivity contribution in [2.45, 2.75) is 57.6 Å². The van der Waals surface area contributed by atoms with Crippen LogP contribution < -0.4 is 15.4 Å². The van der Waals surface area contributed by atoms with E-state index in [4.69, 9.17) is 9.73 Å². The molecule has 0 amide bonds. The molecule has 1 aliphatic carbocycles. The van der Waals surface area contributed by atoms with E-state index in [-0.39, 0.29) is 36.0 Å². The molecule has 0 radical (unpaired) electrons. The summed E-state index contributed by atoms with van der Waals surface area (Å²) in [6.07, 6.45) is 3.60. The zero-order chi connectivity index (χ0) is 17.4. The highest BCUT2D eigenvalue weighted by atomic mass is 127. The second-order valence-electron chi connectivity index (χ2n) is 6.51. The average Bonchev–Trinajstić information content (AvgIpc) is 2.61. The molecule has 1 aromatic rings. The van der Waals surface area contributed by atoms with Gasteiger partial charge in [-0.3, -0.25) is 4.99 Å². The van der Waals surface area contributed by atoms with Crippen molar-refractivity contribution >= 4 is 29.9 Å². The van der Waals surface area contributed by atoms with E-state index in [2.05, 4.69) is 30.5 Å². The number of nitrogens with zero attached hydrogens (tertiary/aromatic N) is 1. The SMILES string of the molecule is CCNC(=NCC(C)c1ccccc1OC)NC1CCC(O)CC1.I. The Balaban J connectivity index is 0.00000312. The van der Waals surface area contributed by atoms with Gasteiger partial charge in [-0.15, -0.1) is 24.0 Å². The van der Waals surface area contributed by atoms with Crippen LogP contribution in [0.3, 0.4) is 0 Å². The van der Waals surface area contributed by atoms with E-state index >= 15 is 0 Å². The number of methoxy groups -OCH3 is 1. The quantitative estimate of drug-likeness (QED) is 0.346. The van der Waals surface area contributed by atoms with E-state index in [1.165, 1.54) is 5.56 Å². The van der Waals surface area contributed by atoms with Crippen LogP contribution in [0.5, 0.6) is 5.75 Å². The van der Waals surface area contributed by atoms with Crippen molar-refractivity contribution in [2.24, 2.45) is 4.99 Å². The van der Waals surface area contributed by atoms with E-state index in [9.17, 15) is 5.11 Å². The van der Waals surface area contributed by atoms with Gasteiger partial charge >= 0.3 is 0 Å². The molecule has 1 aromatic carbocycles. The molecule has 0 bridgehead atoms. The summed E-state index contributed by atoms with van der Waals surface area (Å²) < 4.78 is 5.45. The zero-order valence-corrected chi connectivity index (χ0v) is 17.8. The number of hydrogen-bond donors (Lipinski definition) is 3. The molecule has 0 aliphatic heterocycles. The van der Waals surface area contributed by atoms with E-state index in [1.54, 1.807) is 7.11 Å². The summed E-state index contributed by atoms with van der Waals surface area (Å²) in [5, 5.41) is 16.5. The molecule has 1 atom stereocenters. The molecule has 0 heterocycles. The highest BCUT2D eigenvalue weighted by Gasteiger charge is 2.20. The van der Waals surface area contributed by atoms with Gasteiger partial charge in [-0.25, -0.2) is 0 Å². The number of para-hydroxylation sites is 1. The minimum absolute atomic E-state index is 0. The maximum atomic E-state index is 9.63. The molecule has 6 heteroatoms. The fourth-order valence-corrected chi connectivity index (χ4v) is 3.13. The molecule has 142 valence electrons. The zero-order valence-electron chi connectivity index (χ0n) is 15.5. The molecule has 1 aliphatic rings. The van der Waals surface area contributed by atoms with Crippen LogP contribution in [0.4, 0.5) is 0 Å². The number of guanidine groups is 1. The third-order valence-electron chi connectivity index (χ3n) is 4.57. The van der Waals surface area contributed by atoms with E-state index in [0.29, 0.717) is 12.6 Å². The largest absolute Gasteiger partial charge is 0.496 e. The van der Waals surface area contributed by atoms with Gasteiger partial charge in [0, 0.05) is 25.0 Å². The second kappa shape index (κ2) is 11.6. The number of rotatable bonds is 6. The van der Waals surface area contributed by atoms with Crippen molar-refractivity contribution in [1.29, 1.82) is 0 Å². The fraction of sp³-hybridized carbons (Fsp3) is 0.632. The highest BCUT2D eigenvalue weighted by molar-refractivity contribution is 14.0. The molecule has 0 aromatic heterocycles. The summed E-state index contributed by atoms with van der Waals surface area (Å²) in [4.78, 5) is 4.75. The number of halogens is 1. The smallest absolute Gasteiger partial charge is 0.191 e. The Morgan fingerprint density at radius 3 is 2.60 bits per heavy atom. The third-order valence-corrected chi connectivity index (χ3v) is 4.57. The topological polar surface area (TPSA) is 65.9 Å². The average molecular weight is 461 g/mol. The fourth-order valence-electron chi connectivity index (χ4n) is 3.13. The van der Waals surface area contributed by atoms with Crippen molar-refractivity contribution < 1.29 is 9.84 Å². The van der Waals surface area contributed by atoms with E-state index in [1.807, 2.05) is 18.2 Å². The van der Waals surface area contributed by atoms with Crippen LogP contribution in [0, 0.1) is 0 Å². The molecule has 0 saturated heterocycles. The Kier molecular flexibility index (Phi) is 10.2. The summed E-state index contributed by atoms with van der Waals surface area (Å²) >= 11 is 0. The molecule has 0 spiro atoms. The summed E-state index contributed by atoms with van der Waals surface area (Å²) in [6, 6.07) is 8.51. The molecule has 1 fully saturated rings. The third kappa shape index (κ3) is 7.01. The number of hydrogen-bond acceptors (Lipinski definition) is 3. The molecule has 1 saturated carbocycles. The lowest BCUT2D eigenvalue weighted by Crippen LogP contribution is -2.45. The van der Waals surface area contributed by atoms with Crippen LogP contribution in [0.15, 0.2) is 29.3 Å². The standard InChI is InChI=1S/C19H31N3O2.HI/c1-4-20-19(22-15-9-11-16(23)12-10-15)21-13-14(2)17-7-5-6-8-18(17)24-3;/h5-8,14-16,23H,4,9-13H2,1-3H3,(H2,20,21,22);1H. The number of aliphatic hydroxyl groups is 1. The van der Waals surface area contributed by atoms with E-state index in [0.717, 1.165) is 43.9 Å². The number of aliphatic imine (C=N–C) groups is 1. The maximum absolute atomic E-state index is 9.63. The van der Waals surface area contributed by atoms with Gasteiger partial charge in [0.25, 0.3) is 0 Å². The number of ether oxygens (including phenoxy) is 1. The van der Waals surface area contributed by atoms with Gasteiger partial charge in [0.2, 0.25) is 0 Å². The van der Waals surface area contributed by atoms with Crippen LogP contribution in [-0.2, 0) is 0 Å². The van der Waals surface area contributed by atoms with Crippen LogP contribution >= 0.6 is 24.0 Å². The first-order valence-corrected chi connectivity index (χ1v) is 8.99. The second-order valence-corrected chi connectivity index (χ2v) is 6.51. The normalized spacial score (nSPS) is 21.8. The van der Waals surface area contributed by atoms with Gasteiger partial charge < -0.3 is 20.5 Å².